The van der Waals surface area contributed by atoms with Crippen LogP contribution in [0, 0.1) is 17.2 Å². The van der Waals surface area contributed by atoms with E-state index in [4.69, 9.17) is 16.9 Å². The second-order valence-electron chi connectivity index (χ2n) is 4.17. The molecule has 1 atom stereocenters. The summed E-state index contributed by atoms with van der Waals surface area (Å²) in [5.41, 5.74) is 0.775. The zero-order valence-corrected chi connectivity index (χ0v) is 11.8. The minimum Gasteiger partial charge on any atom is -0.358 e. The van der Waals surface area contributed by atoms with E-state index in [1.54, 1.807) is 30.3 Å². The lowest BCUT2D eigenvalue weighted by atomic mass is 10.0. The van der Waals surface area contributed by atoms with Crippen LogP contribution in [0.25, 0.3) is 5.69 Å². The van der Waals surface area contributed by atoms with Gasteiger partial charge in [0.25, 0.3) is 0 Å². The molecular formula is C14H11ClN4O2. The molecule has 1 amide bonds. The Morgan fingerprint density at radius 2 is 2.14 bits per heavy atom. The number of benzene rings is 1. The summed E-state index contributed by atoms with van der Waals surface area (Å²) in [5.74, 6) is -2.64. The van der Waals surface area contributed by atoms with Crippen molar-refractivity contribution in [2.45, 2.75) is 0 Å². The van der Waals surface area contributed by atoms with E-state index in [1.807, 2.05) is 0 Å². The summed E-state index contributed by atoms with van der Waals surface area (Å²) in [6, 6.07) is 8.69. The zero-order valence-electron chi connectivity index (χ0n) is 11.1. The van der Waals surface area contributed by atoms with Crippen LogP contribution in [0.3, 0.4) is 0 Å². The van der Waals surface area contributed by atoms with Crippen LogP contribution in [0.2, 0.25) is 5.02 Å². The third-order valence-corrected chi connectivity index (χ3v) is 3.19. The van der Waals surface area contributed by atoms with Crippen molar-refractivity contribution in [3.63, 3.8) is 0 Å². The smallest absolute Gasteiger partial charge is 0.245 e. The lowest BCUT2D eigenvalue weighted by molar-refractivity contribution is -0.121. The van der Waals surface area contributed by atoms with E-state index < -0.39 is 17.6 Å². The first-order valence-electron chi connectivity index (χ1n) is 6.03. The number of nitrogens with one attached hydrogen (secondary N) is 1. The van der Waals surface area contributed by atoms with E-state index in [2.05, 4.69) is 10.4 Å². The van der Waals surface area contributed by atoms with Crippen LogP contribution in [0.1, 0.15) is 10.4 Å². The van der Waals surface area contributed by atoms with E-state index >= 15 is 0 Å². The number of hydrogen-bond donors (Lipinski definition) is 1. The summed E-state index contributed by atoms with van der Waals surface area (Å²) in [4.78, 5) is 23.6. The number of nitrogens with zero attached hydrogens (tertiary/aromatic N) is 3. The van der Waals surface area contributed by atoms with Gasteiger partial charge in [0.2, 0.25) is 5.91 Å². The summed E-state index contributed by atoms with van der Waals surface area (Å²) in [5, 5.41) is 15.7. The molecule has 0 bridgehead atoms. The predicted octanol–water partition coefficient (Wildman–Crippen LogP) is 1.59. The molecule has 0 saturated heterocycles. The fourth-order valence-electron chi connectivity index (χ4n) is 1.77. The summed E-state index contributed by atoms with van der Waals surface area (Å²) in [7, 11) is 1.37. The molecule has 106 valence electrons. The highest BCUT2D eigenvalue weighted by atomic mass is 35.5. The number of ketones is 1. The molecule has 6 nitrogen and oxygen atoms in total. The Balaban J connectivity index is 2.32. The number of rotatable bonds is 4. The van der Waals surface area contributed by atoms with Crippen molar-refractivity contribution in [3.8, 4) is 11.8 Å². The van der Waals surface area contributed by atoms with Crippen LogP contribution in [0.15, 0.2) is 36.7 Å². The van der Waals surface area contributed by atoms with Gasteiger partial charge in [0, 0.05) is 13.2 Å². The van der Waals surface area contributed by atoms with Crippen LogP contribution in [-0.4, -0.2) is 28.5 Å². The molecule has 0 saturated carbocycles. The van der Waals surface area contributed by atoms with Gasteiger partial charge in [0.05, 0.1) is 28.5 Å². The minimum atomic E-state index is -1.39. The average molecular weight is 303 g/mol. The molecule has 0 aliphatic heterocycles. The van der Waals surface area contributed by atoms with Gasteiger partial charge in [-0.15, -0.1) is 0 Å². The number of carbonyl (C=O) groups is 2. The van der Waals surface area contributed by atoms with Gasteiger partial charge in [-0.25, -0.2) is 4.68 Å². The Kier molecular flexibility index (Phi) is 4.36. The molecule has 0 aliphatic rings. The van der Waals surface area contributed by atoms with Gasteiger partial charge in [-0.1, -0.05) is 23.7 Å². The molecule has 1 heterocycles. The molecule has 21 heavy (non-hydrogen) atoms. The molecule has 1 unspecified atom stereocenters. The topological polar surface area (TPSA) is 87.8 Å². The second kappa shape index (κ2) is 6.20. The highest BCUT2D eigenvalue weighted by molar-refractivity contribution is 6.32. The van der Waals surface area contributed by atoms with Gasteiger partial charge in [-0.3, -0.25) is 9.59 Å². The van der Waals surface area contributed by atoms with Crippen molar-refractivity contribution in [2.75, 3.05) is 7.05 Å². The van der Waals surface area contributed by atoms with Crippen molar-refractivity contribution in [3.05, 3.63) is 47.2 Å². The average Bonchev–Trinajstić information content (AvgIpc) is 2.97. The maximum atomic E-state index is 12.1. The number of nitriles is 1. The summed E-state index contributed by atoms with van der Waals surface area (Å²) >= 11 is 6.05. The SMILES string of the molecule is CNC(=O)C(C#N)C(=O)c1cnn(-c2ccccc2Cl)c1. The Hall–Kier alpha value is -2.65. The number of halogens is 1. The quantitative estimate of drug-likeness (QED) is 0.686. The second-order valence-corrected chi connectivity index (χ2v) is 4.57. The molecular weight excluding hydrogens is 292 g/mol. The maximum Gasteiger partial charge on any atom is 0.245 e. The summed E-state index contributed by atoms with van der Waals surface area (Å²) in [6.07, 6.45) is 2.75. The van der Waals surface area contributed by atoms with Crippen LogP contribution in [0.4, 0.5) is 0 Å². The summed E-state index contributed by atoms with van der Waals surface area (Å²) < 4.78 is 1.42. The Morgan fingerprint density at radius 3 is 2.76 bits per heavy atom. The van der Waals surface area contributed by atoms with Crippen molar-refractivity contribution in [2.24, 2.45) is 5.92 Å². The largest absolute Gasteiger partial charge is 0.358 e. The molecule has 2 rings (SSSR count). The van der Waals surface area contributed by atoms with Crippen LogP contribution < -0.4 is 5.32 Å². The van der Waals surface area contributed by atoms with Gasteiger partial charge in [0.1, 0.15) is 0 Å². The molecule has 7 heteroatoms. The number of hydrogen-bond acceptors (Lipinski definition) is 4. The number of carbonyl (C=O) groups excluding carboxylic acids is 2. The monoisotopic (exact) mass is 302 g/mol. The summed E-state index contributed by atoms with van der Waals surface area (Å²) in [6.45, 7) is 0. The van der Waals surface area contributed by atoms with Gasteiger partial charge in [0.15, 0.2) is 11.7 Å². The van der Waals surface area contributed by atoms with Crippen molar-refractivity contribution in [1.82, 2.24) is 15.1 Å². The van der Waals surface area contributed by atoms with Gasteiger partial charge in [-0.05, 0) is 12.1 Å². The van der Waals surface area contributed by atoms with Crippen molar-refractivity contribution < 1.29 is 9.59 Å². The fourth-order valence-corrected chi connectivity index (χ4v) is 1.99. The molecule has 0 fully saturated rings. The number of para-hydroxylation sites is 1. The highest BCUT2D eigenvalue weighted by Gasteiger charge is 2.27. The van der Waals surface area contributed by atoms with E-state index in [0.717, 1.165) is 0 Å². The van der Waals surface area contributed by atoms with Crippen molar-refractivity contribution >= 4 is 23.3 Å². The zero-order chi connectivity index (χ0) is 15.4. The van der Waals surface area contributed by atoms with Gasteiger partial charge >= 0.3 is 0 Å². The van der Waals surface area contributed by atoms with Crippen molar-refractivity contribution in [1.29, 1.82) is 5.26 Å². The van der Waals surface area contributed by atoms with E-state index in [-0.39, 0.29) is 5.56 Å². The minimum absolute atomic E-state index is 0.171. The Labute approximate surface area is 125 Å². The fraction of sp³-hybridized carbons (Fsp3) is 0.143. The first-order chi connectivity index (χ1) is 10.1. The van der Waals surface area contributed by atoms with Crippen LogP contribution in [0.5, 0.6) is 0 Å². The highest BCUT2D eigenvalue weighted by Crippen LogP contribution is 2.20. The van der Waals surface area contributed by atoms with Crippen LogP contribution >= 0.6 is 11.6 Å². The van der Waals surface area contributed by atoms with E-state index in [9.17, 15) is 9.59 Å². The molecule has 2 aromatic rings. The molecule has 0 aliphatic carbocycles. The molecule has 1 aromatic heterocycles. The predicted molar refractivity (Wildman–Crippen MR) is 76.1 cm³/mol. The Morgan fingerprint density at radius 1 is 1.43 bits per heavy atom. The number of Topliss-reactive ketones (excluding diaryl/α,β-unsaturated/α-hetero) is 1. The van der Waals surface area contributed by atoms with Crippen LogP contribution in [-0.2, 0) is 4.79 Å². The molecule has 0 spiro atoms. The lowest BCUT2D eigenvalue weighted by Crippen LogP contribution is -2.32. The number of aromatic nitrogens is 2. The molecule has 1 N–H and O–H groups in total. The normalized spacial score (nSPS) is 11.5. The van der Waals surface area contributed by atoms with Gasteiger partial charge < -0.3 is 5.32 Å². The van der Waals surface area contributed by atoms with Gasteiger partial charge in [-0.2, -0.15) is 10.4 Å². The first-order valence-corrected chi connectivity index (χ1v) is 6.41. The first kappa shape index (κ1) is 14.8. The van der Waals surface area contributed by atoms with E-state index in [1.165, 1.54) is 24.1 Å². The molecule has 1 aromatic carbocycles. The third-order valence-electron chi connectivity index (χ3n) is 2.87. The van der Waals surface area contributed by atoms with E-state index in [0.29, 0.717) is 10.7 Å². The maximum absolute atomic E-state index is 12.1. The Bertz CT molecular complexity index is 733. The standard InChI is InChI=1S/C14H11ClN4O2/c1-17-14(21)10(6-16)13(20)9-7-18-19(8-9)12-5-3-2-4-11(12)15/h2-5,7-8,10H,1H3,(H,17,21). The lowest BCUT2D eigenvalue weighted by Gasteiger charge is -2.05. The number of amides is 1. The molecule has 0 radical (unpaired) electrons. The third kappa shape index (κ3) is 2.93.